The summed E-state index contributed by atoms with van der Waals surface area (Å²) in [6.45, 7) is 5.17. The Morgan fingerprint density at radius 1 is 1.29 bits per heavy atom. The van der Waals surface area contributed by atoms with E-state index in [0.717, 1.165) is 0 Å². The second-order valence-electron chi connectivity index (χ2n) is 5.86. The van der Waals surface area contributed by atoms with Gasteiger partial charge in [-0.1, -0.05) is 30.3 Å². The molecule has 1 N–H and O–H groups in total. The molecule has 6 nitrogen and oxygen atoms in total. The van der Waals surface area contributed by atoms with Crippen molar-refractivity contribution >= 4 is 12.1 Å². The monoisotopic (exact) mass is 293 g/mol. The molecule has 1 fully saturated rings. The number of carboxylic acid groups (broad SMARTS) is 1. The number of carbonyl (C=O) groups excluding carboxylic acids is 1. The van der Waals surface area contributed by atoms with E-state index < -0.39 is 29.8 Å². The number of benzene rings is 1. The Morgan fingerprint density at radius 2 is 1.90 bits per heavy atom. The molecule has 0 saturated carbocycles. The van der Waals surface area contributed by atoms with Crippen LogP contribution in [0.4, 0.5) is 4.79 Å². The molecule has 1 aliphatic heterocycles. The Balaban J connectivity index is 2.28. The second-order valence-corrected chi connectivity index (χ2v) is 5.86. The number of carboxylic acids is 1. The van der Waals surface area contributed by atoms with Crippen molar-refractivity contribution in [1.82, 2.24) is 4.90 Å². The van der Waals surface area contributed by atoms with Gasteiger partial charge in [-0.3, -0.25) is 4.90 Å². The van der Waals surface area contributed by atoms with Crippen molar-refractivity contribution in [2.24, 2.45) is 0 Å². The molecule has 21 heavy (non-hydrogen) atoms. The Bertz CT molecular complexity index is 523. The lowest BCUT2D eigenvalue weighted by Gasteiger charge is -2.28. The Hall–Kier alpha value is -2.08. The SMILES string of the molecule is CC(C)(C)OC(=O)N1CO[C@@H](C(=O)O)[C@@H]1c1ccccc1. The zero-order chi connectivity index (χ0) is 15.6. The van der Waals surface area contributed by atoms with Crippen LogP contribution in [-0.2, 0) is 14.3 Å². The molecule has 0 radical (unpaired) electrons. The number of rotatable bonds is 2. The number of aliphatic carboxylic acids is 1. The molecule has 1 saturated heterocycles. The summed E-state index contributed by atoms with van der Waals surface area (Å²) < 4.78 is 10.6. The van der Waals surface area contributed by atoms with Gasteiger partial charge in [-0.2, -0.15) is 0 Å². The minimum Gasteiger partial charge on any atom is -0.479 e. The van der Waals surface area contributed by atoms with Crippen LogP contribution in [0.1, 0.15) is 32.4 Å². The van der Waals surface area contributed by atoms with Crippen molar-refractivity contribution in [1.29, 1.82) is 0 Å². The van der Waals surface area contributed by atoms with E-state index in [9.17, 15) is 14.7 Å². The molecule has 0 bridgehead atoms. The van der Waals surface area contributed by atoms with Gasteiger partial charge in [0.1, 0.15) is 12.3 Å². The molecule has 114 valence electrons. The molecular formula is C15H19NO5. The van der Waals surface area contributed by atoms with Crippen molar-refractivity contribution in [2.45, 2.75) is 38.5 Å². The van der Waals surface area contributed by atoms with Gasteiger partial charge < -0.3 is 14.6 Å². The zero-order valence-electron chi connectivity index (χ0n) is 12.3. The van der Waals surface area contributed by atoms with Gasteiger partial charge in [-0.15, -0.1) is 0 Å². The lowest BCUT2D eigenvalue weighted by atomic mass is 10.0. The molecular weight excluding hydrogens is 274 g/mol. The quantitative estimate of drug-likeness (QED) is 0.906. The molecule has 2 atom stereocenters. The first-order valence-corrected chi connectivity index (χ1v) is 6.68. The number of hydrogen-bond donors (Lipinski definition) is 1. The summed E-state index contributed by atoms with van der Waals surface area (Å²) in [6.07, 6.45) is -1.68. The molecule has 0 aromatic heterocycles. The van der Waals surface area contributed by atoms with Gasteiger partial charge in [0.15, 0.2) is 6.10 Å². The van der Waals surface area contributed by atoms with Crippen LogP contribution < -0.4 is 0 Å². The summed E-state index contributed by atoms with van der Waals surface area (Å²) in [5.74, 6) is -1.10. The third kappa shape index (κ3) is 3.52. The Kier molecular flexibility index (Phi) is 4.18. The van der Waals surface area contributed by atoms with Crippen molar-refractivity contribution in [3.05, 3.63) is 35.9 Å². The topological polar surface area (TPSA) is 76.1 Å². The first kappa shape index (κ1) is 15.3. The molecule has 0 unspecified atom stereocenters. The van der Waals surface area contributed by atoms with Crippen molar-refractivity contribution in [3.63, 3.8) is 0 Å². The maximum absolute atomic E-state index is 12.2. The van der Waals surface area contributed by atoms with Crippen LogP contribution in [-0.4, -0.2) is 40.5 Å². The van der Waals surface area contributed by atoms with Crippen molar-refractivity contribution < 1.29 is 24.2 Å². The number of amides is 1. The van der Waals surface area contributed by atoms with E-state index >= 15 is 0 Å². The summed E-state index contributed by atoms with van der Waals surface area (Å²) in [7, 11) is 0. The maximum Gasteiger partial charge on any atom is 0.412 e. The highest BCUT2D eigenvalue weighted by Gasteiger charge is 2.44. The van der Waals surface area contributed by atoms with E-state index in [1.165, 1.54) is 4.90 Å². The van der Waals surface area contributed by atoms with Gasteiger partial charge in [0.2, 0.25) is 0 Å². The first-order valence-electron chi connectivity index (χ1n) is 6.68. The fourth-order valence-corrected chi connectivity index (χ4v) is 2.19. The molecule has 1 amide bonds. The number of ether oxygens (including phenoxy) is 2. The predicted octanol–water partition coefficient (Wildman–Crippen LogP) is 2.41. The van der Waals surface area contributed by atoms with Crippen LogP contribution in [0.3, 0.4) is 0 Å². The first-order chi connectivity index (χ1) is 9.79. The van der Waals surface area contributed by atoms with E-state index in [1.54, 1.807) is 45.0 Å². The van der Waals surface area contributed by atoms with Crippen LogP contribution >= 0.6 is 0 Å². The Labute approximate surface area is 123 Å². The minimum atomic E-state index is -1.10. The molecule has 1 heterocycles. The zero-order valence-corrected chi connectivity index (χ0v) is 12.3. The average molecular weight is 293 g/mol. The highest BCUT2D eigenvalue weighted by molar-refractivity contribution is 5.77. The van der Waals surface area contributed by atoms with E-state index in [1.807, 2.05) is 6.07 Å². The Morgan fingerprint density at radius 3 is 2.43 bits per heavy atom. The summed E-state index contributed by atoms with van der Waals surface area (Å²) in [6, 6.07) is 8.25. The highest BCUT2D eigenvalue weighted by Crippen LogP contribution is 2.33. The van der Waals surface area contributed by atoms with E-state index in [0.29, 0.717) is 5.56 Å². The molecule has 6 heteroatoms. The molecule has 1 aromatic carbocycles. The van der Waals surface area contributed by atoms with Crippen LogP contribution in [0, 0.1) is 0 Å². The van der Waals surface area contributed by atoms with Crippen LogP contribution in [0.25, 0.3) is 0 Å². The van der Waals surface area contributed by atoms with E-state index in [2.05, 4.69) is 0 Å². The summed E-state index contributed by atoms with van der Waals surface area (Å²) in [5, 5.41) is 9.27. The fraction of sp³-hybridized carbons (Fsp3) is 0.467. The lowest BCUT2D eigenvalue weighted by molar-refractivity contribution is -0.148. The fourth-order valence-electron chi connectivity index (χ4n) is 2.19. The van der Waals surface area contributed by atoms with Crippen LogP contribution in [0.2, 0.25) is 0 Å². The summed E-state index contributed by atoms with van der Waals surface area (Å²) >= 11 is 0. The standard InChI is InChI=1S/C15H19NO5/c1-15(2,3)21-14(19)16-9-20-12(13(17)18)11(16)10-7-5-4-6-8-10/h4-8,11-12H,9H2,1-3H3,(H,17,18)/t11-,12+/m0/s1. The van der Waals surface area contributed by atoms with E-state index in [-0.39, 0.29) is 6.73 Å². The summed E-state index contributed by atoms with van der Waals surface area (Å²) in [5.41, 5.74) is 0.0489. The molecule has 1 aliphatic rings. The molecule has 0 aliphatic carbocycles. The van der Waals surface area contributed by atoms with Gasteiger partial charge in [0.05, 0.1) is 6.04 Å². The predicted molar refractivity (Wildman–Crippen MR) is 74.6 cm³/mol. The highest BCUT2D eigenvalue weighted by atomic mass is 16.6. The minimum absolute atomic E-state index is 0.106. The number of hydrogen-bond acceptors (Lipinski definition) is 4. The normalized spacial score (nSPS) is 22.1. The third-order valence-corrected chi connectivity index (χ3v) is 3.03. The second kappa shape index (κ2) is 5.73. The molecule has 1 aromatic rings. The van der Waals surface area contributed by atoms with Gasteiger partial charge in [0, 0.05) is 0 Å². The van der Waals surface area contributed by atoms with Crippen molar-refractivity contribution in [2.75, 3.05) is 6.73 Å². The molecule has 0 spiro atoms. The van der Waals surface area contributed by atoms with Crippen molar-refractivity contribution in [3.8, 4) is 0 Å². The largest absolute Gasteiger partial charge is 0.479 e. The maximum atomic E-state index is 12.2. The number of carbonyl (C=O) groups is 2. The van der Waals surface area contributed by atoms with Gasteiger partial charge >= 0.3 is 12.1 Å². The number of nitrogens with zero attached hydrogens (tertiary/aromatic N) is 1. The van der Waals surface area contributed by atoms with E-state index in [4.69, 9.17) is 9.47 Å². The van der Waals surface area contributed by atoms with Gasteiger partial charge in [-0.25, -0.2) is 9.59 Å². The molecule has 2 rings (SSSR count). The smallest absolute Gasteiger partial charge is 0.412 e. The lowest BCUT2D eigenvalue weighted by Crippen LogP contribution is -2.39. The summed E-state index contributed by atoms with van der Waals surface area (Å²) in [4.78, 5) is 24.9. The van der Waals surface area contributed by atoms with Crippen LogP contribution in [0.15, 0.2) is 30.3 Å². The van der Waals surface area contributed by atoms with Gasteiger partial charge in [-0.05, 0) is 26.3 Å². The van der Waals surface area contributed by atoms with Gasteiger partial charge in [0.25, 0.3) is 0 Å². The average Bonchev–Trinajstić information content (AvgIpc) is 2.82. The third-order valence-electron chi connectivity index (χ3n) is 3.03. The van der Waals surface area contributed by atoms with Crippen LogP contribution in [0.5, 0.6) is 0 Å².